The summed E-state index contributed by atoms with van der Waals surface area (Å²) in [5.74, 6) is 0.193. The third kappa shape index (κ3) is 4.06. The summed E-state index contributed by atoms with van der Waals surface area (Å²) in [5, 5.41) is 18.0. The molecule has 0 fully saturated rings. The maximum Gasteiger partial charge on any atom is 0.228 e. The van der Waals surface area contributed by atoms with Crippen LogP contribution in [-0.4, -0.2) is 25.7 Å². The summed E-state index contributed by atoms with van der Waals surface area (Å²) in [4.78, 5) is 13.4. The minimum atomic E-state index is -0.323. The Morgan fingerprint density at radius 2 is 1.87 bits per heavy atom. The molecule has 3 aromatic heterocycles. The first-order valence-corrected chi connectivity index (χ1v) is 10.4. The zero-order chi connectivity index (χ0) is 21.2. The van der Waals surface area contributed by atoms with Gasteiger partial charge in [-0.1, -0.05) is 30.3 Å². The zero-order valence-corrected chi connectivity index (χ0v) is 17.0. The Balaban J connectivity index is 1.39. The maximum absolute atomic E-state index is 13.0. The van der Waals surface area contributed by atoms with E-state index < -0.39 is 0 Å². The van der Waals surface area contributed by atoms with Crippen LogP contribution in [-0.2, 0) is 11.2 Å². The summed E-state index contributed by atoms with van der Waals surface area (Å²) in [6.45, 7) is 0. The Hall–Kier alpha value is -3.91. The monoisotopic (exact) mass is 429 g/mol. The number of anilines is 1. The number of thiophene rings is 1. The van der Waals surface area contributed by atoms with Crippen molar-refractivity contribution in [1.29, 1.82) is 0 Å². The molecule has 6 nitrogen and oxygen atoms in total. The van der Waals surface area contributed by atoms with Crippen molar-refractivity contribution in [3.63, 3.8) is 0 Å². The van der Waals surface area contributed by atoms with Gasteiger partial charge >= 0.3 is 0 Å². The molecule has 0 aliphatic carbocycles. The van der Waals surface area contributed by atoms with Crippen molar-refractivity contribution in [2.75, 3.05) is 5.32 Å². The number of nitrogens with zero attached hydrogens (tertiary/aromatic N) is 4. The lowest BCUT2D eigenvalue weighted by atomic mass is 10.1. The Labute approximate surface area is 181 Å². The Bertz CT molecular complexity index is 1360. The van der Waals surface area contributed by atoms with Gasteiger partial charge in [0.25, 0.3) is 0 Å². The number of hydrogen-bond acceptors (Lipinski definition) is 5. The molecule has 1 N–H and O–H groups in total. The quantitative estimate of drug-likeness (QED) is 0.434. The van der Waals surface area contributed by atoms with Crippen LogP contribution in [0.15, 0.2) is 78.2 Å². The minimum absolute atomic E-state index is 0.166. The standard InChI is InChI=1S/C23H16FN5OS/c24-17-8-6-15(7-9-17)13-22(30)25-18-4-1-3-16(14-18)19-10-11-21-26-27-23(29(21)28-19)20-5-2-12-31-20/h1-12,14H,13H2,(H,25,30). The normalized spacial score (nSPS) is 11.0. The largest absolute Gasteiger partial charge is 0.326 e. The van der Waals surface area contributed by atoms with E-state index in [1.165, 1.54) is 12.1 Å². The molecule has 5 aromatic rings. The molecule has 1 amide bonds. The summed E-state index contributed by atoms with van der Waals surface area (Å²) in [6.07, 6.45) is 0.166. The molecule has 5 rings (SSSR count). The third-order valence-corrected chi connectivity index (χ3v) is 5.59. The maximum atomic E-state index is 13.0. The highest BCUT2D eigenvalue weighted by Gasteiger charge is 2.12. The van der Waals surface area contributed by atoms with Crippen LogP contribution in [0.4, 0.5) is 10.1 Å². The third-order valence-electron chi connectivity index (χ3n) is 4.72. The van der Waals surface area contributed by atoms with Gasteiger partial charge in [0.1, 0.15) is 5.82 Å². The van der Waals surface area contributed by atoms with Crippen LogP contribution in [0.25, 0.3) is 27.6 Å². The minimum Gasteiger partial charge on any atom is -0.326 e. The van der Waals surface area contributed by atoms with Crippen molar-refractivity contribution in [1.82, 2.24) is 19.8 Å². The number of fused-ring (bicyclic) bond motifs is 1. The van der Waals surface area contributed by atoms with Crippen molar-refractivity contribution in [3.05, 3.63) is 89.6 Å². The van der Waals surface area contributed by atoms with Crippen molar-refractivity contribution in [2.45, 2.75) is 6.42 Å². The van der Waals surface area contributed by atoms with Crippen LogP contribution in [0.1, 0.15) is 5.56 Å². The van der Waals surface area contributed by atoms with E-state index in [1.807, 2.05) is 53.9 Å². The zero-order valence-electron chi connectivity index (χ0n) is 16.2. The lowest BCUT2D eigenvalue weighted by Gasteiger charge is -2.08. The SMILES string of the molecule is O=C(Cc1ccc(F)cc1)Nc1cccc(-c2ccc3nnc(-c4cccs4)n3n2)c1. The summed E-state index contributed by atoms with van der Waals surface area (Å²) >= 11 is 1.58. The summed E-state index contributed by atoms with van der Waals surface area (Å²) in [5.41, 5.74) is 3.66. The summed E-state index contributed by atoms with van der Waals surface area (Å²) < 4.78 is 14.8. The number of carbonyl (C=O) groups excluding carboxylic acids is 1. The molecule has 0 bridgehead atoms. The number of carbonyl (C=O) groups is 1. The molecule has 0 atom stereocenters. The van der Waals surface area contributed by atoms with E-state index in [-0.39, 0.29) is 18.1 Å². The second kappa shape index (κ2) is 8.08. The lowest BCUT2D eigenvalue weighted by Crippen LogP contribution is -2.14. The van der Waals surface area contributed by atoms with E-state index in [0.717, 1.165) is 21.7 Å². The van der Waals surface area contributed by atoms with Gasteiger partial charge in [0, 0.05) is 11.3 Å². The Morgan fingerprint density at radius 1 is 1.00 bits per heavy atom. The first kappa shape index (κ1) is 19.1. The molecular weight excluding hydrogens is 413 g/mol. The van der Waals surface area contributed by atoms with Crippen LogP contribution in [0, 0.1) is 5.82 Å². The van der Waals surface area contributed by atoms with Gasteiger partial charge in [-0.25, -0.2) is 4.39 Å². The van der Waals surface area contributed by atoms with E-state index in [2.05, 4.69) is 15.5 Å². The van der Waals surface area contributed by atoms with Gasteiger partial charge < -0.3 is 5.32 Å². The molecule has 152 valence electrons. The highest BCUT2D eigenvalue weighted by Crippen LogP contribution is 2.25. The predicted octanol–water partition coefficient (Wildman–Crippen LogP) is 4.84. The number of amides is 1. The fourth-order valence-electron chi connectivity index (χ4n) is 3.25. The van der Waals surface area contributed by atoms with Gasteiger partial charge in [-0.15, -0.1) is 21.5 Å². The molecule has 0 radical (unpaired) electrons. The van der Waals surface area contributed by atoms with Crippen LogP contribution < -0.4 is 5.32 Å². The van der Waals surface area contributed by atoms with E-state index in [0.29, 0.717) is 17.2 Å². The van der Waals surface area contributed by atoms with Gasteiger partial charge in [0.2, 0.25) is 5.91 Å². The summed E-state index contributed by atoms with van der Waals surface area (Å²) in [6, 6.07) is 21.1. The number of rotatable bonds is 5. The summed E-state index contributed by atoms with van der Waals surface area (Å²) in [7, 11) is 0. The predicted molar refractivity (Wildman–Crippen MR) is 118 cm³/mol. The highest BCUT2D eigenvalue weighted by molar-refractivity contribution is 7.13. The van der Waals surface area contributed by atoms with E-state index >= 15 is 0 Å². The van der Waals surface area contributed by atoms with Crippen molar-refractivity contribution >= 4 is 28.6 Å². The number of hydrogen-bond donors (Lipinski definition) is 1. The molecule has 0 unspecified atom stereocenters. The van der Waals surface area contributed by atoms with E-state index in [1.54, 1.807) is 28.0 Å². The first-order chi connectivity index (χ1) is 15.2. The number of aromatic nitrogens is 4. The van der Waals surface area contributed by atoms with Crippen molar-refractivity contribution in [3.8, 4) is 22.0 Å². The van der Waals surface area contributed by atoms with Crippen LogP contribution in [0.3, 0.4) is 0 Å². The number of halogens is 1. The second-order valence-corrected chi connectivity index (χ2v) is 7.87. The topological polar surface area (TPSA) is 72.2 Å². The molecule has 2 aromatic carbocycles. The fourth-order valence-corrected chi connectivity index (χ4v) is 3.94. The Morgan fingerprint density at radius 3 is 2.68 bits per heavy atom. The Kier molecular flexibility index (Phi) is 4.97. The molecule has 0 spiro atoms. The average molecular weight is 429 g/mol. The highest BCUT2D eigenvalue weighted by atomic mass is 32.1. The molecule has 3 heterocycles. The smallest absolute Gasteiger partial charge is 0.228 e. The van der Waals surface area contributed by atoms with Crippen molar-refractivity contribution in [2.24, 2.45) is 0 Å². The molecule has 0 saturated heterocycles. The van der Waals surface area contributed by atoms with Gasteiger partial charge in [0.05, 0.1) is 17.0 Å². The second-order valence-electron chi connectivity index (χ2n) is 6.92. The van der Waals surface area contributed by atoms with Crippen LogP contribution in [0.2, 0.25) is 0 Å². The van der Waals surface area contributed by atoms with Gasteiger partial charge in [-0.05, 0) is 53.4 Å². The first-order valence-electron chi connectivity index (χ1n) is 9.57. The van der Waals surface area contributed by atoms with Gasteiger partial charge in [-0.2, -0.15) is 9.61 Å². The molecule has 8 heteroatoms. The molecule has 0 aliphatic heterocycles. The average Bonchev–Trinajstić information content (AvgIpc) is 3.44. The van der Waals surface area contributed by atoms with Crippen LogP contribution >= 0.6 is 11.3 Å². The number of nitrogens with one attached hydrogen (secondary N) is 1. The fraction of sp³-hybridized carbons (Fsp3) is 0.0435. The number of benzene rings is 2. The molecule has 0 saturated carbocycles. The van der Waals surface area contributed by atoms with E-state index in [9.17, 15) is 9.18 Å². The lowest BCUT2D eigenvalue weighted by molar-refractivity contribution is -0.115. The molecule has 0 aliphatic rings. The molecule has 31 heavy (non-hydrogen) atoms. The molecular formula is C23H16FN5OS. The van der Waals surface area contributed by atoms with Crippen molar-refractivity contribution < 1.29 is 9.18 Å². The van der Waals surface area contributed by atoms with Crippen LogP contribution in [0.5, 0.6) is 0 Å². The van der Waals surface area contributed by atoms with E-state index in [4.69, 9.17) is 5.10 Å². The van der Waals surface area contributed by atoms with Gasteiger partial charge in [-0.3, -0.25) is 4.79 Å². The van der Waals surface area contributed by atoms with Gasteiger partial charge in [0.15, 0.2) is 11.5 Å².